The normalized spacial score (nSPS) is 14.2. The molecule has 5 rings (SSSR count). The molecule has 1 aliphatic heterocycles. The first kappa shape index (κ1) is 19.0. The number of benzene rings is 4. The van der Waals surface area contributed by atoms with Crippen LogP contribution in [0.15, 0.2) is 107 Å². The maximum absolute atomic E-state index is 3.79. The SMILES string of the molecule is CC(c1ccccc1)c1ccc2c(c1C(C)c1ccccc1)Nc1ccccc1S2. The molecule has 2 atom stereocenters. The van der Waals surface area contributed by atoms with Crippen LogP contribution in [0.4, 0.5) is 11.4 Å². The van der Waals surface area contributed by atoms with Crippen LogP contribution in [-0.2, 0) is 0 Å². The zero-order chi connectivity index (χ0) is 20.5. The molecule has 4 aromatic rings. The Bertz CT molecular complexity index is 1170. The first-order valence-corrected chi connectivity index (χ1v) is 11.3. The van der Waals surface area contributed by atoms with Crippen LogP contribution in [0.1, 0.15) is 47.9 Å². The minimum atomic E-state index is 0.292. The molecule has 1 aliphatic rings. The molecule has 0 bridgehead atoms. The molecule has 30 heavy (non-hydrogen) atoms. The highest BCUT2D eigenvalue weighted by Gasteiger charge is 2.26. The van der Waals surface area contributed by atoms with Crippen LogP contribution < -0.4 is 5.32 Å². The number of hydrogen-bond acceptors (Lipinski definition) is 2. The number of anilines is 2. The van der Waals surface area contributed by atoms with E-state index in [0.717, 1.165) is 0 Å². The van der Waals surface area contributed by atoms with E-state index in [4.69, 9.17) is 0 Å². The average Bonchev–Trinajstić information content (AvgIpc) is 2.82. The molecular formula is C28H25NS. The Hall–Kier alpha value is -2.97. The van der Waals surface area contributed by atoms with Crippen molar-refractivity contribution in [2.24, 2.45) is 0 Å². The van der Waals surface area contributed by atoms with Gasteiger partial charge in [0.1, 0.15) is 0 Å². The second kappa shape index (κ2) is 8.04. The molecule has 148 valence electrons. The van der Waals surface area contributed by atoms with Crippen LogP contribution >= 0.6 is 11.8 Å². The van der Waals surface area contributed by atoms with Crippen molar-refractivity contribution >= 4 is 23.1 Å². The van der Waals surface area contributed by atoms with Crippen LogP contribution in [0, 0.1) is 0 Å². The van der Waals surface area contributed by atoms with E-state index in [9.17, 15) is 0 Å². The van der Waals surface area contributed by atoms with Crippen molar-refractivity contribution in [3.05, 3.63) is 119 Å². The maximum Gasteiger partial charge on any atom is 0.0568 e. The molecule has 1 nitrogen and oxygen atoms in total. The van der Waals surface area contributed by atoms with Gasteiger partial charge in [-0.15, -0.1) is 0 Å². The van der Waals surface area contributed by atoms with Gasteiger partial charge in [-0.25, -0.2) is 0 Å². The molecule has 0 fully saturated rings. The molecule has 2 unspecified atom stereocenters. The second-order valence-corrected chi connectivity index (χ2v) is 9.01. The Kier molecular flexibility index (Phi) is 5.10. The molecule has 0 amide bonds. The third-order valence-corrected chi connectivity index (χ3v) is 7.24. The second-order valence-electron chi connectivity index (χ2n) is 7.93. The fourth-order valence-corrected chi connectivity index (χ4v) is 5.43. The molecule has 0 spiro atoms. The lowest BCUT2D eigenvalue weighted by atomic mass is 9.81. The van der Waals surface area contributed by atoms with Gasteiger partial charge in [0.25, 0.3) is 0 Å². The summed E-state index contributed by atoms with van der Waals surface area (Å²) in [6.07, 6.45) is 0. The minimum absolute atomic E-state index is 0.292. The molecule has 0 saturated carbocycles. The molecule has 1 N–H and O–H groups in total. The highest BCUT2D eigenvalue weighted by molar-refractivity contribution is 7.99. The van der Waals surface area contributed by atoms with Gasteiger partial charge in [-0.3, -0.25) is 0 Å². The Morgan fingerprint density at radius 3 is 1.90 bits per heavy atom. The lowest BCUT2D eigenvalue weighted by Gasteiger charge is -2.30. The van der Waals surface area contributed by atoms with Crippen molar-refractivity contribution in [1.29, 1.82) is 0 Å². The summed E-state index contributed by atoms with van der Waals surface area (Å²) in [5.74, 6) is 0.613. The van der Waals surface area contributed by atoms with Crippen molar-refractivity contribution in [2.45, 2.75) is 35.5 Å². The first-order valence-electron chi connectivity index (χ1n) is 10.5. The Morgan fingerprint density at radius 2 is 1.20 bits per heavy atom. The predicted octanol–water partition coefficient (Wildman–Crippen LogP) is 8.20. The summed E-state index contributed by atoms with van der Waals surface area (Å²) in [6, 6.07) is 34.9. The summed E-state index contributed by atoms with van der Waals surface area (Å²) in [7, 11) is 0. The summed E-state index contributed by atoms with van der Waals surface area (Å²) in [5.41, 5.74) is 7.94. The monoisotopic (exact) mass is 407 g/mol. The molecule has 0 saturated heterocycles. The van der Waals surface area contributed by atoms with Gasteiger partial charge in [0.2, 0.25) is 0 Å². The van der Waals surface area contributed by atoms with E-state index in [1.165, 1.54) is 43.4 Å². The van der Waals surface area contributed by atoms with Crippen LogP contribution in [0.2, 0.25) is 0 Å². The maximum atomic E-state index is 3.79. The summed E-state index contributed by atoms with van der Waals surface area (Å²) >= 11 is 1.86. The van der Waals surface area contributed by atoms with Gasteiger partial charge in [0.15, 0.2) is 0 Å². The number of hydrogen-bond donors (Lipinski definition) is 1. The third-order valence-electron chi connectivity index (χ3n) is 6.11. The summed E-state index contributed by atoms with van der Waals surface area (Å²) in [4.78, 5) is 2.59. The Balaban J connectivity index is 1.68. The van der Waals surface area contributed by atoms with Crippen molar-refractivity contribution < 1.29 is 0 Å². The summed E-state index contributed by atoms with van der Waals surface area (Å²) < 4.78 is 0. The third kappa shape index (κ3) is 3.42. The van der Waals surface area contributed by atoms with E-state index in [1.54, 1.807) is 0 Å². The quantitative estimate of drug-likeness (QED) is 0.322. The lowest BCUT2D eigenvalue weighted by molar-refractivity contribution is 0.840. The Labute approximate surface area is 183 Å². The number of nitrogens with one attached hydrogen (secondary N) is 1. The van der Waals surface area contributed by atoms with Gasteiger partial charge in [0, 0.05) is 21.6 Å². The standard InChI is InChI=1S/C28H25NS/c1-19(21-11-5-3-6-12-21)23-17-18-26-28(29-24-15-9-10-16-25(24)30-26)27(23)20(2)22-13-7-4-8-14-22/h3-20,29H,1-2H3. The van der Waals surface area contributed by atoms with Crippen LogP contribution in [0.5, 0.6) is 0 Å². The lowest BCUT2D eigenvalue weighted by Crippen LogP contribution is -2.11. The van der Waals surface area contributed by atoms with Gasteiger partial charge >= 0.3 is 0 Å². The zero-order valence-electron chi connectivity index (χ0n) is 17.3. The van der Waals surface area contributed by atoms with Gasteiger partial charge in [-0.05, 0) is 40.5 Å². The smallest absolute Gasteiger partial charge is 0.0568 e. The highest BCUT2D eigenvalue weighted by atomic mass is 32.2. The number of rotatable bonds is 4. The average molecular weight is 408 g/mol. The van der Waals surface area contributed by atoms with Crippen molar-refractivity contribution in [2.75, 3.05) is 5.32 Å². The first-order chi connectivity index (χ1) is 14.7. The molecule has 4 aromatic carbocycles. The largest absolute Gasteiger partial charge is 0.353 e. The summed E-state index contributed by atoms with van der Waals surface area (Å²) in [5, 5.41) is 3.79. The topological polar surface area (TPSA) is 12.0 Å². The highest BCUT2D eigenvalue weighted by Crippen LogP contribution is 2.50. The van der Waals surface area contributed by atoms with E-state index in [0.29, 0.717) is 11.8 Å². The van der Waals surface area contributed by atoms with Crippen LogP contribution in [0.3, 0.4) is 0 Å². The van der Waals surface area contributed by atoms with Crippen molar-refractivity contribution in [3.63, 3.8) is 0 Å². The Morgan fingerprint density at radius 1 is 0.600 bits per heavy atom. The molecule has 0 aliphatic carbocycles. The molecular weight excluding hydrogens is 382 g/mol. The van der Waals surface area contributed by atoms with E-state index in [2.05, 4.69) is 116 Å². The van der Waals surface area contributed by atoms with E-state index >= 15 is 0 Å². The van der Waals surface area contributed by atoms with E-state index < -0.39 is 0 Å². The molecule has 1 heterocycles. The van der Waals surface area contributed by atoms with Crippen LogP contribution in [-0.4, -0.2) is 0 Å². The number of fused-ring (bicyclic) bond motifs is 2. The van der Waals surface area contributed by atoms with Gasteiger partial charge in [0.05, 0.1) is 11.4 Å². The van der Waals surface area contributed by atoms with Gasteiger partial charge < -0.3 is 5.32 Å². The molecule has 0 aromatic heterocycles. The fourth-order valence-electron chi connectivity index (χ4n) is 4.42. The van der Waals surface area contributed by atoms with E-state index in [1.807, 2.05) is 11.8 Å². The molecule has 0 radical (unpaired) electrons. The minimum Gasteiger partial charge on any atom is -0.353 e. The molecule has 2 heteroatoms. The van der Waals surface area contributed by atoms with Gasteiger partial charge in [-0.1, -0.05) is 104 Å². The van der Waals surface area contributed by atoms with E-state index in [-0.39, 0.29) is 0 Å². The fraction of sp³-hybridized carbons (Fsp3) is 0.143. The van der Waals surface area contributed by atoms with Crippen molar-refractivity contribution in [3.8, 4) is 0 Å². The van der Waals surface area contributed by atoms with Crippen LogP contribution in [0.25, 0.3) is 0 Å². The van der Waals surface area contributed by atoms with Gasteiger partial charge in [-0.2, -0.15) is 0 Å². The van der Waals surface area contributed by atoms with Crippen molar-refractivity contribution in [1.82, 2.24) is 0 Å². The number of para-hydroxylation sites is 1. The predicted molar refractivity (Wildman–Crippen MR) is 128 cm³/mol. The zero-order valence-corrected chi connectivity index (χ0v) is 18.1. The summed E-state index contributed by atoms with van der Waals surface area (Å²) in [6.45, 7) is 4.65.